The number of amides is 1. The Kier molecular flexibility index (Phi) is 8.04. The highest BCUT2D eigenvalue weighted by molar-refractivity contribution is 5.97. The molecule has 0 unspecified atom stereocenters. The van der Waals surface area contributed by atoms with Gasteiger partial charge in [-0.15, -0.1) is 0 Å². The highest BCUT2D eigenvalue weighted by Crippen LogP contribution is 2.28. The van der Waals surface area contributed by atoms with Gasteiger partial charge in [-0.25, -0.2) is 14.4 Å². The van der Waals surface area contributed by atoms with Gasteiger partial charge in [-0.3, -0.25) is 4.79 Å². The van der Waals surface area contributed by atoms with Crippen LogP contribution in [-0.4, -0.2) is 48.1 Å². The quantitative estimate of drug-likeness (QED) is 0.649. The maximum absolute atomic E-state index is 13.2. The average molecular weight is 428 g/mol. The first-order valence-electron chi connectivity index (χ1n) is 11.2. The molecule has 0 aliphatic carbocycles. The summed E-state index contributed by atoms with van der Waals surface area (Å²) in [6.07, 6.45) is 0.816. The second-order valence-electron chi connectivity index (χ2n) is 8.49. The molecule has 1 fully saturated rings. The van der Waals surface area contributed by atoms with Crippen molar-refractivity contribution in [2.24, 2.45) is 5.92 Å². The van der Waals surface area contributed by atoms with E-state index in [1.54, 1.807) is 12.1 Å². The highest BCUT2D eigenvalue weighted by Gasteiger charge is 2.30. The van der Waals surface area contributed by atoms with Gasteiger partial charge in [0.15, 0.2) is 0 Å². The lowest BCUT2D eigenvalue weighted by Gasteiger charge is -2.24. The number of ether oxygens (including phenoxy) is 1. The minimum absolute atomic E-state index is 0.0751. The summed E-state index contributed by atoms with van der Waals surface area (Å²) in [5.74, 6) is 0.662. The molecule has 0 aromatic heterocycles. The number of nitrogens with one attached hydrogen (secondary N) is 1. The number of likely N-dealkylation sites (N-methyl/N-ethyl adjacent to an activating group) is 2. The molecule has 3 rings (SSSR count). The molecule has 1 saturated heterocycles. The first kappa shape index (κ1) is 23.2. The lowest BCUT2D eigenvalue weighted by molar-refractivity contribution is 0.0388. The van der Waals surface area contributed by atoms with E-state index in [9.17, 15) is 9.18 Å². The van der Waals surface area contributed by atoms with Crippen molar-refractivity contribution in [3.05, 3.63) is 65.0 Å². The van der Waals surface area contributed by atoms with Crippen molar-refractivity contribution in [2.75, 3.05) is 26.2 Å². The van der Waals surface area contributed by atoms with Gasteiger partial charge in [-0.2, -0.15) is 0 Å². The number of carbonyl (C=O) groups is 1. The Morgan fingerprint density at radius 3 is 2.32 bits per heavy atom. The van der Waals surface area contributed by atoms with Crippen LogP contribution in [-0.2, 0) is 13.0 Å². The van der Waals surface area contributed by atoms with Crippen LogP contribution in [0.3, 0.4) is 0 Å². The molecule has 1 aliphatic rings. The third-order valence-electron chi connectivity index (χ3n) is 5.59. The first-order valence-corrected chi connectivity index (χ1v) is 11.2. The summed E-state index contributed by atoms with van der Waals surface area (Å²) >= 11 is 0. The Morgan fingerprint density at radius 1 is 1.10 bits per heavy atom. The normalized spacial score (nSPS) is 15.5. The van der Waals surface area contributed by atoms with Crippen molar-refractivity contribution in [2.45, 2.75) is 46.8 Å². The van der Waals surface area contributed by atoms with Crippen LogP contribution in [0.5, 0.6) is 5.75 Å². The fourth-order valence-electron chi connectivity index (χ4n) is 4.08. The van der Waals surface area contributed by atoms with Crippen molar-refractivity contribution >= 4 is 5.91 Å². The number of para-hydroxylation sites is 1. The molecule has 0 bridgehead atoms. The highest BCUT2D eigenvalue weighted by atomic mass is 19.1. The van der Waals surface area contributed by atoms with E-state index < -0.39 is 0 Å². The molecule has 6 heteroatoms. The zero-order valence-corrected chi connectivity index (χ0v) is 19.0. The van der Waals surface area contributed by atoms with Crippen LogP contribution in [0.4, 0.5) is 4.39 Å². The lowest BCUT2D eigenvalue weighted by Crippen LogP contribution is -2.38. The molecule has 0 atom stereocenters. The monoisotopic (exact) mass is 427 g/mol. The summed E-state index contributed by atoms with van der Waals surface area (Å²) in [6, 6.07) is 12.1. The summed E-state index contributed by atoms with van der Waals surface area (Å²) in [5, 5.41) is 7.74. The smallest absolute Gasteiger partial charge is 0.255 e. The van der Waals surface area contributed by atoms with Gasteiger partial charge in [0.2, 0.25) is 0 Å². The van der Waals surface area contributed by atoms with E-state index in [0.717, 1.165) is 43.7 Å². The zero-order chi connectivity index (χ0) is 22.4. The molecule has 2 aromatic rings. The molecule has 1 amide bonds. The van der Waals surface area contributed by atoms with Crippen molar-refractivity contribution in [3.8, 4) is 5.75 Å². The Labute approximate surface area is 185 Å². The van der Waals surface area contributed by atoms with Crippen LogP contribution < -0.4 is 10.1 Å². The molecule has 1 aliphatic heterocycles. The van der Waals surface area contributed by atoms with Gasteiger partial charge in [0.25, 0.3) is 5.91 Å². The van der Waals surface area contributed by atoms with E-state index in [4.69, 9.17) is 4.74 Å². The van der Waals surface area contributed by atoms with Crippen LogP contribution in [0, 0.1) is 11.7 Å². The molecule has 31 heavy (non-hydrogen) atoms. The number of benzene rings is 2. The van der Waals surface area contributed by atoms with Crippen LogP contribution in [0.25, 0.3) is 0 Å². The van der Waals surface area contributed by atoms with Gasteiger partial charge in [0.1, 0.15) is 18.2 Å². The zero-order valence-electron chi connectivity index (χ0n) is 19.0. The first-order chi connectivity index (χ1) is 14.9. The van der Waals surface area contributed by atoms with E-state index in [1.165, 1.54) is 12.1 Å². The Morgan fingerprint density at radius 2 is 1.74 bits per heavy atom. The third-order valence-corrected chi connectivity index (χ3v) is 5.59. The fourth-order valence-corrected chi connectivity index (χ4v) is 4.08. The molecule has 0 saturated carbocycles. The molecular weight excluding hydrogens is 393 g/mol. The molecule has 1 N–H and O–H groups in total. The van der Waals surface area contributed by atoms with E-state index >= 15 is 0 Å². The Hall–Kier alpha value is -2.44. The van der Waals surface area contributed by atoms with Gasteiger partial charge in [0.05, 0.1) is 11.6 Å². The molecule has 2 aromatic carbocycles. The predicted octanol–water partition coefficient (Wildman–Crippen LogP) is 4.27. The SMILES string of the molecule is CCN1CC(NC(=O)c2cccc(CC(C)C)c2OCc2ccc(F)cc2)CN1CC. The Balaban J connectivity index is 1.79. The summed E-state index contributed by atoms with van der Waals surface area (Å²) in [7, 11) is 0. The van der Waals surface area contributed by atoms with Gasteiger partial charge in [0, 0.05) is 26.2 Å². The number of rotatable bonds is 9. The van der Waals surface area contributed by atoms with Crippen LogP contribution in [0.15, 0.2) is 42.5 Å². The summed E-state index contributed by atoms with van der Waals surface area (Å²) in [4.78, 5) is 13.2. The van der Waals surface area contributed by atoms with Gasteiger partial charge >= 0.3 is 0 Å². The molecule has 168 valence electrons. The molecular formula is C25H34FN3O2. The van der Waals surface area contributed by atoms with Crippen LogP contribution in [0.2, 0.25) is 0 Å². The van der Waals surface area contributed by atoms with Gasteiger partial charge in [-0.1, -0.05) is 52.0 Å². The third kappa shape index (κ3) is 6.05. The van der Waals surface area contributed by atoms with Crippen LogP contribution >= 0.6 is 0 Å². The van der Waals surface area contributed by atoms with E-state index in [-0.39, 0.29) is 24.4 Å². The summed E-state index contributed by atoms with van der Waals surface area (Å²) in [5.41, 5.74) is 2.43. The summed E-state index contributed by atoms with van der Waals surface area (Å²) < 4.78 is 19.4. The topological polar surface area (TPSA) is 44.8 Å². The molecule has 5 nitrogen and oxygen atoms in total. The van der Waals surface area contributed by atoms with E-state index in [2.05, 4.69) is 43.0 Å². The van der Waals surface area contributed by atoms with Crippen LogP contribution in [0.1, 0.15) is 49.2 Å². The van der Waals surface area contributed by atoms with Crippen molar-refractivity contribution < 1.29 is 13.9 Å². The van der Waals surface area contributed by atoms with Crippen molar-refractivity contribution in [1.82, 2.24) is 15.3 Å². The number of hydrogen-bond acceptors (Lipinski definition) is 4. The average Bonchev–Trinajstić information content (AvgIpc) is 3.15. The molecule has 0 spiro atoms. The number of carbonyl (C=O) groups excluding carboxylic acids is 1. The number of halogens is 1. The van der Waals surface area contributed by atoms with Crippen molar-refractivity contribution in [1.29, 1.82) is 0 Å². The predicted molar refractivity (Wildman–Crippen MR) is 121 cm³/mol. The second-order valence-corrected chi connectivity index (χ2v) is 8.49. The summed E-state index contributed by atoms with van der Waals surface area (Å²) in [6.45, 7) is 12.3. The van der Waals surface area contributed by atoms with E-state index in [1.807, 2.05) is 18.2 Å². The maximum Gasteiger partial charge on any atom is 0.255 e. The van der Waals surface area contributed by atoms with Gasteiger partial charge in [-0.05, 0) is 41.7 Å². The molecule has 0 radical (unpaired) electrons. The van der Waals surface area contributed by atoms with Crippen molar-refractivity contribution in [3.63, 3.8) is 0 Å². The standard InChI is InChI=1S/C25H34FN3O2/c1-5-28-15-22(16-29(28)6-2)27-25(30)23-9-7-8-20(14-18(3)4)24(23)31-17-19-10-12-21(26)13-11-19/h7-13,18,22H,5-6,14-17H2,1-4H3,(H,27,30). The number of hydrazine groups is 1. The molecule has 1 heterocycles. The minimum atomic E-state index is -0.275. The largest absolute Gasteiger partial charge is 0.488 e. The maximum atomic E-state index is 13.2. The number of hydrogen-bond donors (Lipinski definition) is 1. The van der Waals surface area contributed by atoms with Gasteiger partial charge < -0.3 is 10.1 Å². The lowest BCUT2D eigenvalue weighted by atomic mass is 9.99. The van der Waals surface area contributed by atoms with E-state index in [0.29, 0.717) is 17.2 Å². The Bertz CT molecular complexity index is 858. The fraction of sp³-hybridized carbons (Fsp3) is 0.480. The second kappa shape index (κ2) is 10.7. The minimum Gasteiger partial charge on any atom is -0.488 e. The number of nitrogens with zero attached hydrogens (tertiary/aromatic N) is 2.